The van der Waals surface area contributed by atoms with E-state index >= 15 is 0 Å². The molecule has 1 aromatic heterocycles. The number of para-hydroxylation sites is 1. The summed E-state index contributed by atoms with van der Waals surface area (Å²) >= 11 is 0. The van der Waals surface area contributed by atoms with Crippen molar-refractivity contribution in [2.75, 3.05) is 23.3 Å². The minimum Gasteiger partial charge on any atom is -0.370 e. The number of aromatic nitrogens is 1. The molecule has 0 spiro atoms. The lowest BCUT2D eigenvalue weighted by Crippen LogP contribution is -2.34. The van der Waals surface area contributed by atoms with Gasteiger partial charge in [-0.05, 0) is 93.2 Å². The summed E-state index contributed by atoms with van der Waals surface area (Å²) in [6.07, 6.45) is 19.2. The third-order valence-electron chi connectivity index (χ3n) is 8.52. The fourth-order valence-electron chi connectivity index (χ4n) is 6.10. The van der Waals surface area contributed by atoms with Crippen LogP contribution in [0, 0.1) is 11.3 Å². The second-order valence-electron chi connectivity index (χ2n) is 12.6. The molecule has 1 aromatic carbocycles. The van der Waals surface area contributed by atoms with E-state index in [1.165, 1.54) is 40.9 Å². The SMILES string of the molecule is CC1=C(/C=C/C(C)=C/C=C/C(C)=C\C(=O)Nc2ccccc2)C(C)(C)CCC1c1ccc(N2CCCC(C)C2)cn1. The Labute approximate surface area is 247 Å². The van der Waals surface area contributed by atoms with Gasteiger partial charge in [0.25, 0.3) is 0 Å². The average molecular weight is 550 g/mol. The molecule has 2 unspecified atom stereocenters. The van der Waals surface area contributed by atoms with Gasteiger partial charge in [0.05, 0.1) is 11.9 Å². The summed E-state index contributed by atoms with van der Waals surface area (Å²) in [5, 5.41) is 2.89. The summed E-state index contributed by atoms with van der Waals surface area (Å²) in [5.41, 5.74) is 8.27. The fourth-order valence-corrected chi connectivity index (χ4v) is 6.10. The fraction of sp³-hybridized carbons (Fsp3) is 0.405. The van der Waals surface area contributed by atoms with Gasteiger partial charge in [-0.25, -0.2) is 0 Å². The lowest BCUT2D eigenvalue weighted by molar-refractivity contribution is -0.111. The van der Waals surface area contributed by atoms with Crippen LogP contribution in [0.15, 0.2) is 107 Å². The molecule has 4 heteroatoms. The average Bonchev–Trinajstić information content (AvgIpc) is 2.93. The van der Waals surface area contributed by atoms with Crippen molar-refractivity contribution in [3.63, 3.8) is 0 Å². The zero-order valence-corrected chi connectivity index (χ0v) is 25.8. The highest BCUT2D eigenvalue weighted by molar-refractivity contribution is 5.99. The third kappa shape index (κ3) is 8.42. The molecule has 1 aliphatic heterocycles. The molecular formula is C37H47N3O. The Morgan fingerprint density at radius 2 is 1.83 bits per heavy atom. The first kappa shape index (κ1) is 30.3. The van der Waals surface area contributed by atoms with Crippen LogP contribution in [0.4, 0.5) is 11.4 Å². The molecule has 2 heterocycles. The first-order chi connectivity index (χ1) is 19.6. The highest BCUT2D eigenvalue weighted by Gasteiger charge is 2.33. The maximum Gasteiger partial charge on any atom is 0.248 e. The molecule has 2 aliphatic rings. The number of rotatable bonds is 8. The molecule has 0 saturated carbocycles. The second-order valence-corrected chi connectivity index (χ2v) is 12.6. The normalized spacial score (nSPS) is 22.0. The standard InChI is InChI=1S/C37H47N3O/c1-27(12-10-13-28(2)24-36(41)39-31-15-8-7-9-16-31)17-19-34-30(4)33(21-22-37(34,5)6)35-20-18-32(25-38-35)40-23-11-14-29(3)26-40/h7-10,12-13,15-20,24-25,29,33H,11,14,21-23,26H2,1-6H3,(H,39,41)/b13-10+,19-17+,27-12+,28-24-. The van der Waals surface area contributed by atoms with E-state index in [4.69, 9.17) is 4.98 Å². The van der Waals surface area contributed by atoms with Crippen molar-refractivity contribution in [3.8, 4) is 0 Å². The molecule has 216 valence electrons. The maximum atomic E-state index is 12.3. The van der Waals surface area contributed by atoms with Gasteiger partial charge in [-0.3, -0.25) is 9.78 Å². The van der Waals surface area contributed by atoms with E-state index in [9.17, 15) is 4.79 Å². The number of hydrogen-bond donors (Lipinski definition) is 1. The van der Waals surface area contributed by atoms with Crippen molar-refractivity contribution in [1.82, 2.24) is 4.98 Å². The molecular weight excluding hydrogens is 502 g/mol. The summed E-state index contributed by atoms with van der Waals surface area (Å²) in [7, 11) is 0. The van der Waals surface area contributed by atoms with E-state index in [1.807, 2.05) is 49.4 Å². The van der Waals surface area contributed by atoms with Crippen molar-refractivity contribution < 1.29 is 4.79 Å². The molecule has 1 saturated heterocycles. The predicted molar refractivity (Wildman–Crippen MR) is 174 cm³/mol. The van der Waals surface area contributed by atoms with E-state index in [1.54, 1.807) is 6.08 Å². The monoisotopic (exact) mass is 549 g/mol. The highest BCUT2D eigenvalue weighted by Crippen LogP contribution is 2.47. The van der Waals surface area contributed by atoms with Gasteiger partial charge in [0.2, 0.25) is 5.91 Å². The Bertz CT molecular complexity index is 1340. The third-order valence-corrected chi connectivity index (χ3v) is 8.52. The molecule has 1 aliphatic carbocycles. The van der Waals surface area contributed by atoms with Crippen molar-refractivity contribution in [2.24, 2.45) is 11.3 Å². The number of hydrogen-bond acceptors (Lipinski definition) is 3. The van der Waals surface area contributed by atoms with Crippen molar-refractivity contribution in [3.05, 3.63) is 113 Å². The Kier molecular flexibility index (Phi) is 10.2. The molecule has 1 fully saturated rings. The number of allylic oxidation sites excluding steroid dienone is 9. The maximum absolute atomic E-state index is 12.3. The smallest absolute Gasteiger partial charge is 0.248 e. The molecule has 0 radical (unpaired) electrons. The molecule has 2 aromatic rings. The molecule has 41 heavy (non-hydrogen) atoms. The molecule has 0 bridgehead atoms. The lowest BCUT2D eigenvalue weighted by Gasteiger charge is -2.37. The Hall–Kier alpha value is -3.66. The van der Waals surface area contributed by atoms with Gasteiger partial charge in [0.15, 0.2) is 0 Å². The summed E-state index contributed by atoms with van der Waals surface area (Å²) in [4.78, 5) is 19.7. The van der Waals surface area contributed by atoms with Gasteiger partial charge < -0.3 is 10.2 Å². The summed E-state index contributed by atoms with van der Waals surface area (Å²) in [5.74, 6) is 0.986. The Morgan fingerprint density at radius 3 is 2.54 bits per heavy atom. The van der Waals surface area contributed by atoms with Gasteiger partial charge >= 0.3 is 0 Å². The number of amides is 1. The lowest BCUT2D eigenvalue weighted by atomic mass is 9.68. The van der Waals surface area contributed by atoms with Crippen LogP contribution in [0.5, 0.6) is 0 Å². The van der Waals surface area contributed by atoms with Crippen molar-refractivity contribution >= 4 is 17.3 Å². The number of carbonyl (C=O) groups excluding carboxylic acids is 1. The molecule has 4 rings (SSSR count). The van der Waals surface area contributed by atoms with Crippen LogP contribution >= 0.6 is 0 Å². The predicted octanol–water partition coefficient (Wildman–Crippen LogP) is 9.18. The van der Waals surface area contributed by atoms with Crippen LogP contribution in [-0.2, 0) is 4.79 Å². The Balaban J connectivity index is 1.42. The number of nitrogens with zero attached hydrogens (tertiary/aromatic N) is 2. The number of piperidine rings is 1. The number of carbonyl (C=O) groups is 1. The summed E-state index contributed by atoms with van der Waals surface area (Å²) < 4.78 is 0. The van der Waals surface area contributed by atoms with Gasteiger partial charge in [-0.2, -0.15) is 0 Å². The van der Waals surface area contributed by atoms with E-state index in [0.29, 0.717) is 5.92 Å². The van der Waals surface area contributed by atoms with Gasteiger partial charge in [-0.15, -0.1) is 0 Å². The van der Waals surface area contributed by atoms with Crippen molar-refractivity contribution in [1.29, 1.82) is 0 Å². The quantitative estimate of drug-likeness (QED) is 0.264. The van der Waals surface area contributed by atoms with Gasteiger partial charge in [0.1, 0.15) is 0 Å². The van der Waals surface area contributed by atoms with E-state index in [2.05, 4.69) is 81.4 Å². The van der Waals surface area contributed by atoms with Crippen molar-refractivity contribution in [2.45, 2.75) is 73.1 Å². The highest BCUT2D eigenvalue weighted by atomic mass is 16.1. The molecule has 1 N–H and O–H groups in total. The number of nitrogens with one attached hydrogen (secondary N) is 1. The number of anilines is 2. The minimum atomic E-state index is -0.124. The largest absolute Gasteiger partial charge is 0.370 e. The van der Waals surface area contributed by atoms with Gasteiger partial charge in [-0.1, -0.05) is 80.5 Å². The van der Waals surface area contributed by atoms with E-state index in [0.717, 1.165) is 43.1 Å². The second kappa shape index (κ2) is 13.8. The number of pyridine rings is 1. The van der Waals surface area contributed by atoms with Crippen LogP contribution in [-0.4, -0.2) is 24.0 Å². The van der Waals surface area contributed by atoms with Crippen LogP contribution in [0.2, 0.25) is 0 Å². The van der Waals surface area contributed by atoms with Crippen LogP contribution < -0.4 is 10.2 Å². The van der Waals surface area contributed by atoms with Gasteiger partial charge in [0, 0.05) is 36.5 Å². The first-order valence-electron chi connectivity index (χ1n) is 15.1. The van der Waals surface area contributed by atoms with Crippen LogP contribution in [0.25, 0.3) is 0 Å². The molecule has 4 nitrogen and oxygen atoms in total. The van der Waals surface area contributed by atoms with E-state index < -0.39 is 0 Å². The minimum absolute atomic E-state index is 0.124. The first-order valence-corrected chi connectivity index (χ1v) is 15.1. The number of benzene rings is 1. The topological polar surface area (TPSA) is 45.2 Å². The van der Waals surface area contributed by atoms with Crippen LogP contribution in [0.3, 0.4) is 0 Å². The zero-order valence-electron chi connectivity index (χ0n) is 25.8. The summed E-state index contributed by atoms with van der Waals surface area (Å²) in [6.45, 7) is 15.7. The van der Waals surface area contributed by atoms with E-state index in [-0.39, 0.29) is 11.3 Å². The van der Waals surface area contributed by atoms with Crippen LogP contribution in [0.1, 0.15) is 78.8 Å². The summed E-state index contributed by atoms with van der Waals surface area (Å²) in [6, 6.07) is 14.0. The zero-order chi connectivity index (χ0) is 29.4. The molecule has 2 atom stereocenters. The Morgan fingerprint density at radius 1 is 1.05 bits per heavy atom. The molecule has 1 amide bonds.